The number of allylic oxidation sites excluding steroid dienone is 3. The molecule has 0 atom stereocenters. The van der Waals surface area contributed by atoms with Crippen LogP contribution >= 0.6 is 23.5 Å². The van der Waals surface area contributed by atoms with Gasteiger partial charge in [0.05, 0.1) is 9.81 Å². The van der Waals surface area contributed by atoms with Gasteiger partial charge in [-0.2, -0.15) is 0 Å². The van der Waals surface area contributed by atoms with Crippen molar-refractivity contribution < 1.29 is 19.8 Å². The van der Waals surface area contributed by atoms with Gasteiger partial charge < -0.3 is 10.2 Å². The quantitative estimate of drug-likeness (QED) is 0.384. The summed E-state index contributed by atoms with van der Waals surface area (Å²) in [4.78, 5) is 25.7. The fraction of sp³-hybridized carbons (Fsp3) is 0.130. The molecular weight excluding hydrogens is 404 g/mol. The summed E-state index contributed by atoms with van der Waals surface area (Å²) in [7, 11) is 0. The Labute approximate surface area is 178 Å². The Kier molecular flexibility index (Phi) is 7.38. The van der Waals surface area contributed by atoms with E-state index in [4.69, 9.17) is 0 Å². The number of thioether (sulfide) groups is 2. The van der Waals surface area contributed by atoms with Gasteiger partial charge in [0, 0.05) is 0 Å². The number of carbonyl (C=O) groups excluding carboxylic acids is 2. The predicted molar refractivity (Wildman–Crippen MR) is 121 cm³/mol. The number of hydrogen-bond donors (Lipinski definition) is 2. The molecule has 6 heteroatoms. The van der Waals surface area contributed by atoms with Gasteiger partial charge in [-0.1, -0.05) is 36.4 Å². The summed E-state index contributed by atoms with van der Waals surface area (Å²) in [5.74, 6) is 1.40. The van der Waals surface area contributed by atoms with E-state index in [1.165, 1.54) is 12.2 Å². The van der Waals surface area contributed by atoms with Crippen LogP contribution in [0, 0.1) is 0 Å². The number of hydrogen-bond acceptors (Lipinski definition) is 6. The zero-order valence-electron chi connectivity index (χ0n) is 15.6. The van der Waals surface area contributed by atoms with E-state index in [9.17, 15) is 19.8 Å². The zero-order valence-corrected chi connectivity index (χ0v) is 17.2. The maximum atomic E-state index is 12.9. The van der Waals surface area contributed by atoms with Crippen LogP contribution in [-0.2, 0) is 9.59 Å². The predicted octanol–water partition coefficient (Wildman–Crippen LogP) is 5.04. The van der Waals surface area contributed by atoms with Crippen molar-refractivity contribution in [3.63, 3.8) is 0 Å². The molecule has 0 unspecified atom stereocenters. The van der Waals surface area contributed by atoms with Crippen molar-refractivity contribution in [2.24, 2.45) is 0 Å². The summed E-state index contributed by atoms with van der Waals surface area (Å²) < 4.78 is 0.761. The van der Waals surface area contributed by atoms with Gasteiger partial charge in [-0.05, 0) is 65.5 Å². The summed E-state index contributed by atoms with van der Waals surface area (Å²) in [5.41, 5.74) is 1.71. The van der Waals surface area contributed by atoms with Crippen molar-refractivity contribution >= 4 is 47.2 Å². The maximum Gasteiger partial charge on any atom is 0.191 e. The third-order valence-electron chi connectivity index (χ3n) is 4.09. The molecule has 29 heavy (non-hydrogen) atoms. The van der Waals surface area contributed by atoms with E-state index in [0.717, 1.165) is 33.3 Å². The van der Waals surface area contributed by atoms with Gasteiger partial charge in [-0.15, -0.1) is 23.5 Å². The van der Waals surface area contributed by atoms with Crippen molar-refractivity contribution in [1.82, 2.24) is 0 Å². The normalized spacial score (nSPS) is 14.4. The van der Waals surface area contributed by atoms with E-state index >= 15 is 0 Å². The van der Waals surface area contributed by atoms with Crippen LogP contribution in [0.4, 0.5) is 0 Å². The number of phenols is 2. The van der Waals surface area contributed by atoms with Crippen molar-refractivity contribution in [2.45, 2.75) is 6.42 Å². The first kappa shape index (κ1) is 21.0. The first-order chi connectivity index (χ1) is 14.0. The molecule has 3 rings (SSSR count). The van der Waals surface area contributed by atoms with E-state index in [-0.39, 0.29) is 28.6 Å². The smallest absolute Gasteiger partial charge is 0.191 e. The molecule has 0 radical (unpaired) electrons. The van der Waals surface area contributed by atoms with Crippen LogP contribution in [0.15, 0.2) is 70.5 Å². The lowest BCUT2D eigenvalue weighted by Gasteiger charge is -2.15. The van der Waals surface area contributed by atoms with Crippen LogP contribution in [0.1, 0.15) is 17.5 Å². The fourth-order valence-corrected chi connectivity index (χ4v) is 5.23. The lowest BCUT2D eigenvalue weighted by molar-refractivity contribution is -0.116. The zero-order chi connectivity index (χ0) is 20.6. The summed E-state index contributed by atoms with van der Waals surface area (Å²) in [5, 5.41) is 18.7. The Morgan fingerprint density at radius 3 is 1.55 bits per heavy atom. The van der Waals surface area contributed by atoms with Gasteiger partial charge in [-0.3, -0.25) is 9.59 Å². The van der Waals surface area contributed by atoms with Crippen molar-refractivity contribution in [3.8, 4) is 11.5 Å². The molecule has 148 valence electrons. The topological polar surface area (TPSA) is 74.6 Å². The van der Waals surface area contributed by atoms with E-state index in [2.05, 4.69) is 0 Å². The number of carbonyl (C=O) groups is 2. The molecule has 4 nitrogen and oxygen atoms in total. The molecule has 0 aliphatic carbocycles. The molecular formula is C23H20O4S2. The van der Waals surface area contributed by atoms with Gasteiger partial charge in [0.25, 0.3) is 0 Å². The van der Waals surface area contributed by atoms with E-state index < -0.39 is 0 Å². The second kappa shape index (κ2) is 10.2. The summed E-state index contributed by atoms with van der Waals surface area (Å²) in [6.07, 6.45) is 7.11. The average Bonchev–Trinajstić information content (AvgIpc) is 2.74. The molecule has 1 saturated heterocycles. The summed E-state index contributed by atoms with van der Waals surface area (Å²) >= 11 is 3.08. The van der Waals surface area contributed by atoms with Crippen LogP contribution in [0.5, 0.6) is 11.5 Å². The largest absolute Gasteiger partial charge is 0.508 e. The summed E-state index contributed by atoms with van der Waals surface area (Å²) in [6, 6.07) is 13.0. The monoisotopic (exact) mass is 424 g/mol. The third-order valence-corrected chi connectivity index (χ3v) is 6.72. The Hall–Kier alpha value is -2.70. The van der Waals surface area contributed by atoms with Gasteiger partial charge in [0.1, 0.15) is 11.5 Å². The highest BCUT2D eigenvalue weighted by molar-refractivity contribution is 8.22. The maximum absolute atomic E-state index is 12.9. The van der Waals surface area contributed by atoms with E-state index in [0.29, 0.717) is 0 Å². The lowest BCUT2D eigenvalue weighted by atomic mass is 10.1. The molecule has 1 heterocycles. The molecule has 2 N–H and O–H groups in total. The van der Waals surface area contributed by atoms with Crippen molar-refractivity contribution in [2.75, 3.05) is 11.5 Å². The molecule has 2 aromatic rings. The highest BCUT2D eigenvalue weighted by Crippen LogP contribution is 2.38. The Bertz CT molecular complexity index is 893. The van der Waals surface area contributed by atoms with Gasteiger partial charge in [-0.25, -0.2) is 0 Å². The van der Waals surface area contributed by atoms with Crippen molar-refractivity contribution in [3.05, 3.63) is 81.6 Å². The lowest BCUT2D eigenvalue weighted by Crippen LogP contribution is -2.12. The number of rotatable bonds is 6. The minimum absolute atomic E-state index is 0.154. The number of ketones is 2. The van der Waals surface area contributed by atoms with E-state index in [1.807, 2.05) is 0 Å². The molecule has 0 aromatic heterocycles. The minimum Gasteiger partial charge on any atom is -0.508 e. The third kappa shape index (κ3) is 6.14. The Balaban J connectivity index is 1.84. The molecule has 1 aliphatic rings. The van der Waals surface area contributed by atoms with Crippen LogP contribution in [0.2, 0.25) is 0 Å². The van der Waals surface area contributed by atoms with Crippen LogP contribution in [0.25, 0.3) is 12.2 Å². The van der Waals surface area contributed by atoms with Crippen LogP contribution in [0.3, 0.4) is 0 Å². The highest BCUT2D eigenvalue weighted by atomic mass is 32.2. The minimum atomic E-state index is -0.338. The molecule has 1 fully saturated rings. The molecule has 0 spiro atoms. The number of benzene rings is 2. The number of aromatic hydroxyl groups is 2. The molecule has 0 saturated carbocycles. The van der Waals surface area contributed by atoms with E-state index in [1.54, 1.807) is 84.2 Å². The second-order valence-corrected chi connectivity index (χ2v) is 8.76. The second-order valence-electron chi connectivity index (χ2n) is 6.29. The summed E-state index contributed by atoms with van der Waals surface area (Å²) in [6.45, 7) is 0. The van der Waals surface area contributed by atoms with Crippen molar-refractivity contribution in [1.29, 1.82) is 0 Å². The first-order valence-corrected chi connectivity index (χ1v) is 11.0. The Morgan fingerprint density at radius 2 is 1.14 bits per heavy atom. The van der Waals surface area contributed by atoms with Gasteiger partial charge in [0.15, 0.2) is 11.6 Å². The average molecular weight is 425 g/mol. The standard InChI is InChI=1S/C23H20O4S2/c24-18-8-2-16(3-9-18)6-12-20(26)22(23-28-14-1-15-29-23)21(27)13-7-17-4-10-19(25)11-5-17/h2-13,24-25H,1,14-15H2. The molecule has 0 amide bonds. The Morgan fingerprint density at radius 1 is 0.724 bits per heavy atom. The highest BCUT2D eigenvalue weighted by Gasteiger charge is 2.22. The van der Waals surface area contributed by atoms with Crippen LogP contribution < -0.4 is 0 Å². The SMILES string of the molecule is O=C(C=Cc1ccc(O)cc1)C(C(=O)C=Cc1ccc(O)cc1)=C1SCCCS1. The fourth-order valence-electron chi connectivity index (χ4n) is 2.58. The van der Waals surface area contributed by atoms with Gasteiger partial charge in [0.2, 0.25) is 0 Å². The van der Waals surface area contributed by atoms with Gasteiger partial charge >= 0.3 is 0 Å². The molecule has 1 aliphatic heterocycles. The molecule has 0 bridgehead atoms. The first-order valence-electron chi connectivity index (χ1n) is 9.06. The van der Waals surface area contributed by atoms with Crippen LogP contribution in [-0.4, -0.2) is 33.3 Å². The molecule has 2 aromatic carbocycles. The number of phenolic OH excluding ortho intramolecular Hbond substituents is 2.